The van der Waals surface area contributed by atoms with E-state index in [0.717, 1.165) is 16.9 Å². The largest absolute Gasteiger partial charge is 0.488 e. The molecule has 0 saturated carbocycles. The van der Waals surface area contributed by atoms with E-state index in [4.69, 9.17) is 4.74 Å². The second-order valence-corrected chi connectivity index (χ2v) is 5.81. The van der Waals surface area contributed by atoms with Gasteiger partial charge in [-0.3, -0.25) is 0 Å². The van der Waals surface area contributed by atoms with Gasteiger partial charge in [0.25, 0.3) is 0 Å². The van der Waals surface area contributed by atoms with Gasteiger partial charge in [0.2, 0.25) is 0 Å². The van der Waals surface area contributed by atoms with Crippen LogP contribution in [-0.4, -0.2) is 18.7 Å². The van der Waals surface area contributed by atoms with E-state index in [1.54, 1.807) is 12.1 Å². The van der Waals surface area contributed by atoms with Crippen molar-refractivity contribution in [2.45, 2.75) is 26.4 Å². The quantitative estimate of drug-likeness (QED) is 0.787. The zero-order valence-electron chi connectivity index (χ0n) is 12.8. The van der Waals surface area contributed by atoms with Crippen LogP contribution < -0.4 is 4.74 Å². The maximum Gasteiger partial charge on any atom is 0.337 e. The second-order valence-electron chi connectivity index (χ2n) is 5.81. The average molecular weight is 284 g/mol. The molecule has 0 fully saturated rings. The maximum absolute atomic E-state index is 11.4. The fourth-order valence-corrected chi connectivity index (χ4v) is 1.99. The number of carbonyl (C=O) groups is 1. The van der Waals surface area contributed by atoms with Gasteiger partial charge >= 0.3 is 5.97 Å². The summed E-state index contributed by atoms with van der Waals surface area (Å²) >= 11 is 0. The summed E-state index contributed by atoms with van der Waals surface area (Å²) < 4.78 is 10.5. The number of carbonyl (C=O) groups excluding carboxylic acids is 1. The van der Waals surface area contributed by atoms with Crippen LogP contribution in [0.2, 0.25) is 0 Å². The van der Waals surface area contributed by atoms with Crippen LogP contribution in [0.25, 0.3) is 11.1 Å². The van der Waals surface area contributed by atoms with E-state index in [0.29, 0.717) is 5.56 Å². The van der Waals surface area contributed by atoms with Crippen molar-refractivity contribution in [3.63, 3.8) is 0 Å². The number of esters is 1. The van der Waals surface area contributed by atoms with Crippen molar-refractivity contribution in [2.24, 2.45) is 0 Å². The van der Waals surface area contributed by atoms with Crippen molar-refractivity contribution in [1.29, 1.82) is 0 Å². The smallest absolute Gasteiger partial charge is 0.337 e. The summed E-state index contributed by atoms with van der Waals surface area (Å²) in [6.07, 6.45) is 0. The van der Waals surface area contributed by atoms with Gasteiger partial charge in [0.05, 0.1) is 12.7 Å². The lowest BCUT2D eigenvalue weighted by atomic mass is 10.0. The summed E-state index contributed by atoms with van der Waals surface area (Å²) in [6.45, 7) is 6.06. The molecule has 0 heterocycles. The van der Waals surface area contributed by atoms with E-state index in [1.165, 1.54) is 7.11 Å². The molecule has 110 valence electrons. The molecule has 0 aliphatic heterocycles. The molecule has 0 radical (unpaired) electrons. The minimum Gasteiger partial charge on any atom is -0.488 e. The molecule has 0 atom stereocenters. The first-order valence-corrected chi connectivity index (χ1v) is 6.87. The SMILES string of the molecule is COC(=O)c1ccc(-c2ccc(OC(C)(C)C)cc2)cc1. The van der Waals surface area contributed by atoms with Gasteiger partial charge in [0, 0.05) is 0 Å². The first kappa shape index (κ1) is 15.1. The van der Waals surface area contributed by atoms with Crippen molar-refractivity contribution in [2.75, 3.05) is 7.11 Å². The molecule has 0 N–H and O–H groups in total. The number of ether oxygens (including phenoxy) is 2. The van der Waals surface area contributed by atoms with Crippen LogP contribution in [0.3, 0.4) is 0 Å². The van der Waals surface area contributed by atoms with Crippen LogP contribution in [0.4, 0.5) is 0 Å². The Labute approximate surface area is 125 Å². The fourth-order valence-electron chi connectivity index (χ4n) is 1.99. The van der Waals surface area contributed by atoms with Gasteiger partial charge in [-0.2, -0.15) is 0 Å². The highest BCUT2D eigenvalue weighted by Crippen LogP contribution is 2.25. The van der Waals surface area contributed by atoms with Crippen LogP contribution in [0, 0.1) is 0 Å². The lowest BCUT2D eigenvalue weighted by Gasteiger charge is -2.21. The first-order chi connectivity index (χ1) is 9.89. The molecule has 2 aromatic rings. The number of rotatable bonds is 3. The third-order valence-electron chi connectivity index (χ3n) is 2.92. The van der Waals surface area contributed by atoms with Crippen LogP contribution >= 0.6 is 0 Å². The molecule has 3 nitrogen and oxygen atoms in total. The van der Waals surface area contributed by atoms with E-state index in [2.05, 4.69) is 4.74 Å². The van der Waals surface area contributed by atoms with Crippen molar-refractivity contribution in [3.05, 3.63) is 54.1 Å². The number of hydrogen-bond donors (Lipinski definition) is 0. The average Bonchev–Trinajstić information content (AvgIpc) is 2.46. The molecule has 2 rings (SSSR count). The maximum atomic E-state index is 11.4. The monoisotopic (exact) mass is 284 g/mol. The van der Waals surface area contributed by atoms with Gasteiger partial charge < -0.3 is 9.47 Å². The lowest BCUT2D eigenvalue weighted by molar-refractivity contribution is 0.0600. The molecule has 0 aliphatic carbocycles. The molecule has 0 amide bonds. The van der Waals surface area contributed by atoms with Crippen LogP contribution in [0.5, 0.6) is 5.75 Å². The Morgan fingerprint density at radius 3 is 1.76 bits per heavy atom. The summed E-state index contributed by atoms with van der Waals surface area (Å²) in [7, 11) is 1.38. The summed E-state index contributed by atoms with van der Waals surface area (Å²) in [6, 6.07) is 15.3. The van der Waals surface area contributed by atoms with E-state index in [1.807, 2.05) is 57.2 Å². The van der Waals surface area contributed by atoms with Crippen LogP contribution in [-0.2, 0) is 4.74 Å². The van der Waals surface area contributed by atoms with Crippen molar-refractivity contribution in [3.8, 4) is 16.9 Å². The normalized spacial score (nSPS) is 11.0. The molecule has 2 aromatic carbocycles. The molecule has 0 aromatic heterocycles. The van der Waals surface area contributed by atoms with Crippen molar-refractivity contribution in [1.82, 2.24) is 0 Å². The van der Waals surface area contributed by atoms with Gasteiger partial charge in [0.15, 0.2) is 0 Å². The van der Waals surface area contributed by atoms with Gasteiger partial charge in [0.1, 0.15) is 11.4 Å². The minimum atomic E-state index is -0.324. The third-order valence-corrected chi connectivity index (χ3v) is 2.92. The number of methoxy groups -OCH3 is 1. The minimum absolute atomic E-state index is 0.205. The van der Waals surface area contributed by atoms with Gasteiger partial charge in [-0.05, 0) is 56.2 Å². The Morgan fingerprint density at radius 2 is 1.33 bits per heavy atom. The van der Waals surface area contributed by atoms with E-state index in [-0.39, 0.29) is 11.6 Å². The Balaban J connectivity index is 2.17. The van der Waals surface area contributed by atoms with Gasteiger partial charge in [-0.1, -0.05) is 24.3 Å². The zero-order chi connectivity index (χ0) is 15.5. The Kier molecular flexibility index (Phi) is 4.32. The Bertz CT molecular complexity index is 604. The van der Waals surface area contributed by atoms with Gasteiger partial charge in [-0.15, -0.1) is 0 Å². The Hall–Kier alpha value is -2.29. The summed E-state index contributed by atoms with van der Waals surface area (Å²) in [4.78, 5) is 11.4. The lowest BCUT2D eigenvalue weighted by Crippen LogP contribution is -2.22. The van der Waals surface area contributed by atoms with E-state index >= 15 is 0 Å². The Morgan fingerprint density at radius 1 is 0.857 bits per heavy atom. The highest BCUT2D eigenvalue weighted by atomic mass is 16.5. The predicted molar refractivity (Wildman–Crippen MR) is 83.6 cm³/mol. The number of hydrogen-bond acceptors (Lipinski definition) is 3. The van der Waals surface area contributed by atoms with Crippen LogP contribution in [0.15, 0.2) is 48.5 Å². The molecule has 21 heavy (non-hydrogen) atoms. The highest BCUT2D eigenvalue weighted by Gasteiger charge is 2.11. The second kappa shape index (κ2) is 6.00. The molecule has 0 spiro atoms. The zero-order valence-corrected chi connectivity index (χ0v) is 12.8. The van der Waals surface area contributed by atoms with E-state index < -0.39 is 0 Å². The molecule has 0 unspecified atom stereocenters. The molecular formula is C18H20O3. The summed E-state index contributed by atoms with van der Waals surface area (Å²) in [5.41, 5.74) is 2.47. The molecule has 3 heteroatoms. The molecule has 0 bridgehead atoms. The topological polar surface area (TPSA) is 35.5 Å². The van der Waals surface area contributed by atoms with Crippen molar-refractivity contribution < 1.29 is 14.3 Å². The summed E-state index contributed by atoms with van der Waals surface area (Å²) in [5.74, 6) is 0.521. The predicted octanol–water partition coefficient (Wildman–Crippen LogP) is 4.32. The number of benzene rings is 2. The molecular weight excluding hydrogens is 264 g/mol. The molecule has 0 aliphatic rings. The highest BCUT2D eigenvalue weighted by molar-refractivity contribution is 5.89. The van der Waals surface area contributed by atoms with Gasteiger partial charge in [-0.25, -0.2) is 4.79 Å². The standard InChI is InChI=1S/C18H20O3/c1-18(2,3)21-16-11-9-14(10-12-16)13-5-7-15(8-6-13)17(19)20-4/h5-12H,1-4H3. The third kappa shape index (κ3) is 4.09. The molecule has 0 saturated heterocycles. The van der Waals surface area contributed by atoms with E-state index in [9.17, 15) is 4.79 Å². The van der Waals surface area contributed by atoms with Crippen molar-refractivity contribution >= 4 is 5.97 Å². The fraction of sp³-hybridized carbons (Fsp3) is 0.278. The first-order valence-electron chi connectivity index (χ1n) is 6.87. The van der Waals surface area contributed by atoms with Crippen LogP contribution in [0.1, 0.15) is 31.1 Å². The summed E-state index contributed by atoms with van der Waals surface area (Å²) in [5, 5.41) is 0.